The number of nitriles is 1. The van der Waals surface area contributed by atoms with Crippen LogP contribution in [-0.4, -0.2) is 44.3 Å². The molecule has 2 aromatic heterocycles. The number of para-hydroxylation sites is 1. The highest BCUT2D eigenvalue weighted by atomic mass is 16.5. The molecule has 8 heteroatoms. The number of aromatic nitrogens is 4. The zero-order valence-electron chi connectivity index (χ0n) is 20.6. The molecule has 186 valence electrons. The predicted molar refractivity (Wildman–Crippen MR) is 143 cm³/mol. The summed E-state index contributed by atoms with van der Waals surface area (Å²) < 4.78 is 7.97. The minimum atomic E-state index is 0.140. The first-order valence-electron chi connectivity index (χ1n) is 12.8. The number of nitrogens with two attached hydrogens (primary N) is 1. The third-order valence-electron chi connectivity index (χ3n) is 7.05. The third-order valence-corrected chi connectivity index (χ3v) is 7.05. The molecule has 1 aliphatic carbocycles. The summed E-state index contributed by atoms with van der Waals surface area (Å²) in [6.07, 6.45) is 8.10. The number of likely N-dealkylation sites (tertiary alicyclic amines) is 1. The summed E-state index contributed by atoms with van der Waals surface area (Å²) >= 11 is 0. The van der Waals surface area contributed by atoms with Crippen LogP contribution in [0.5, 0.6) is 11.5 Å². The lowest BCUT2D eigenvalue weighted by Crippen LogP contribution is -2.38. The maximum absolute atomic E-state index is 9.62. The topological polar surface area (TPSA) is 106 Å². The van der Waals surface area contributed by atoms with Gasteiger partial charge in [-0.25, -0.2) is 14.6 Å². The van der Waals surface area contributed by atoms with Gasteiger partial charge in [0.25, 0.3) is 0 Å². The Morgan fingerprint density at radius 3 is 2.59 bits per heavy atom. The van der Waals surface area contributed by atoms with Crippen molar-refractivity contribution in [3.63, 3.8) is 0 Å². The second-order valence-electron chi connectivity index (χ2n) is 9.86. The van der Waals surface area contributed by atoms with Gasteiger partial charge in [0.1, 0.15) is 29.3 Å². The van der Waals surface area contributed by atoms with Crippen molar-refractivity contribution < 1.29 is 4.74 Å². The van der Waals surface area contributed by atoms with Crippen LogP contribution in [0.3, 0.4) is 0 Å². The number of benzene rings is 2. The highest BCUT2D eigenvalue weighted by Crippen LogP contribution is 2.35. The van der Waals surface area contributed by atoms with E-state index in [-0.39, 0.29) is 6.04 Å². The Kier molecular flexibility index (Phi) is 6.29. The fourth-order valence-electron chi connectivity index (χ4n) is 5.05. The lowest BCUT2D eigenvalue weighted by atomic mass is 10.0. The quantitative estimate of drug-likeness (QED) is 0.347. The van der Waals surface area contributed by atoms with Crippen LogP contribution in [0, 0.1) is 17.2 Å². The average Bonchev–Trinajstić information content (AvgIpc) is 3.66. The van der Waals surface area contributed by atoms with Crippen molar-refractivity contribution in [3.05, 3.63) is 72.6 Å². The molecular formula is C29H29N7O. The van der Waals surface area contributed by atoms with Crippen molar-refractivity contribution in [2.45, 2.75) is 31.7 Å². The standard InChI is InChI=1S/C29H29N7O/c30-16-21(15-20-8-9-20)17-35-14-4-5-23(18-35)36-29-26(28(31)32-19-33-29)27(34-36)22-10-12-25(13-11-22)37-24-6-2-1-3-7-24/h1-3,6-7,10-13,15,19-20,23H,4-5,8-9,14,17-18H2,(H2,31,32,33)/b21-15+/t23-/m1/s1. The lowest BCUT2D eigenvalue weighted by molar-refractivity contribution is 0.185. The van der Waals surface area contributed by atoms with Crippen LogP contribution in [0.25, 0.3) is 22.3 Å². The van der Waals surface area contributed by atoms with E-state index in [2.05, 4.69) is 27.0 Å². The van der Waals surface area contributed by atoms with Crippen LogP contribution in [0.15, 0.2) is 72.6 Å². The number of allylic oxidation sites excluding steroid dienone is 1. The summed E-state index contributed by atoms with van der Waals surface area (Å²) in [6.45, 7) is 2.48. The van der Waals surface area contributed by atoms with Gasteiger partial charge in [0, 0.05) is 24.2 Å². The summed E-state index contributed by atoms with van der Waals surface area (Å²) in [7, 11) is 0. The molecule has 1 saturated heterocycles. The summed E-state index contributed by atoms with van der Waals surface area (Å²) in [5.74, 6) is 2.55. The predicted octanol–water partition coefficient (Wildman–Crippen LogP) is 5.36. The Morgan fingerprint density at radius 2 is 1.84 bits per heavy atom. The van der Waals surface area contributed by atoms with Crippen molar-refractivity contribution in [2.24, 2.45) is 5.92 Å². The number of piperidine rings is 1. The van der Waals surface area contributed by atoms with Gasteiger partial charge in [0.05, 0.1) is 17.5 Å². The van der Waals surface area contributed by atoms with Crippen LogP contribution in [0.2, 0.25) is 0 Å². The Bertz CT molecular complexity index is 1470. The van der Waals surface area contributed by atoms with Crippen LogP contribution in [-0.2, 0) is 0 Å². The molecule has 6 rings (SSSR count). The Hall–Kier alpha value is -4.22. The van der Waals surface area contributed by atoms with Crippen LogP contribution >= 0.6 is 0 Å². The minimum absolute atomic E-state index is 0.140. The largest absolute Gasteiger partial charge is 0.457 e. The number of hydrogen-bond donors (Lipinski definition) is 1. The molecule has 37 heavy (non-hydrogen) atoms. The van der Waals surface area contributed by atoms with Crippen molar-refractivity contribution >= 4 is 16.9 Å². The third kappa shape index (κ3) is 5.04. The van der Waals surface area contributed by atoms with Crippen LogP contribution in [0.1, 0.15) is 31.7 Å². The number of hydrogen-bond acceptors (Lipinski definition) is 7. The van der Waals surface area contributed by atoms with Gasteiger partial charge in [-0.3, -0.25) is 4.90 Å². The van der Waals surface area contributed by atoms with Gasteiger partial charge in [-0.05, 0) is 74.5 Å². The number of nitrogens with zero attached hydrogens (tertiary/aromatic N) is 6. The average molecular weight is 492 g/mol. The normalized spacial score (nSPS) is 18.6. The molecule has 2 aromatic carbocycles. The SMILES string of the molecule is N#C/C(=C\C1CC1)CN1CCC[C@@H](n2nc(-c3ccc(Oc4ccccc4)cc3)c3c(N)ncnc32)C1. The van der Waals surface area contributed by atoms with E-state index in [1.807, 2.05) is 59.3 Å². The highest BCUT2D eigenvalue weighted by Gasteiger charge is 2.27. The molecule has 2 fully saturated rings. The van der Waals surface area contributed by atoms with Gasteiger partial charge < -0.3 is 10.5 Å². The summed E-state index contributed by atoms with van der Waals surface area (Å²) in [5, 5.41) is 15.4. The van der Waals surface area contributed by atoms with Gasteiger partial charge >= 0.3 is 0 Å². The van der Waals surface area contributed by atoms with E-state index in [0.717, 1.165) is 65.3 Å². The number of ether oxygens (including phenoxy) is 1. The number of nitrogen functional groups attached to an aromatic ring is 1. The van der Waals surface area contributed by atoms with Crippen molar-refractivity contribution in [1.29, 1.82) is 5.26 Å². The van der Waals surface area contributed by atoms with E-state index in [1.54, 1.807) is 0 Å². The Balaban J connectivity index is 1.28. The molecule has 2 aliphatic rings. The monoisotopic (exact) mass is 491 g/mol. The fourth-order valence-corrected chi connectivity index (χ4v) is 5.05. The second-order valence-corrected chi connectivity index (χ2v) is 9.86. The van der Waals surface area contributed by atoms with Crippen LogP contribution in [0.4, 0.5) is 5.82 Å². The maximum Gasteiger partial charge on any atom is 0.164 e. The number of fused-ring (bicyclic) bond motifs is 1. The summed E-state index contributed by atoms with van der Waals surface area (Å²) in [5.41, 5.74) is 9.66. The van der Waals surface area contributed by atoms with E-state index in [4.69, 9.17) is 15.6 Å². The molecule has 0 bridgehead atoms. The minimum Gasteiger partial charge on any atom is -0.457 e. The first-order chi connectivity index (χ1) is 18.2. The first-order valence-corrected chi connectivity index (χ1v) is 12.8. The van der Waals surface area contributed by atoms with Gasteiger partial charge in [0.15, 0.2) is 5.65 Å². The molecule has 1 saturated carbocycles. The zero-order chi connectivity index (χ0) is 25.2. The van der Waals surface area contributed by atoms with E-state index >= 15 is 0 Å². The Labute approximate surface area is 216 Å². The molecule has 8 nitrogen and oxygen atoms in total. The summed E-state index contributed by atoms with van der Waals surface area (Å²) in [4.78, 5) is 11.2. The van der Waals surface area contributed by atoms with Gasteiger partial charge in [-0.1, -0.05) is 24.3 Å². The Morgan fingerprint density at radius 1 is 1.05 bits per heavy atom. The maximum atomic E-state index is 9.62. The van der Waals surface area contributed by atoms with E-state index in [1.165, 1.54) is 19.2 Å². The zero-order valence-corrected chi connectivity index (χ0v) is 20.6. The molecule has 0 radical (unpaired) electrons. The molecule has 3 heterocycles. The molecule has 1 atom stereocenters. The molecule has 1 aliphatic heterocycles. The highest BCUT2D eigenvalue weighted by molar-refractivity contribution is 5.98. The molecule has 4 aromatic rings. The molecular weight excluding hydrogens is 462 g/mol. The molecule has 0 amide bonds. The van der Waals surface area contributed by atoms with Gasteiger partial charge in [-0.15, -0.1) is 0 Å². The fraction of sp³-hybridized carbons (Fsp3) is 0.310. The molecule has 2 N–H and O–H groups in total. The molecule has 0 unspecified atom stereocenters. The smallest absolute Gasteiger partial charge is 0.164 e. The van der Waals surface area contributed by atoms with Crippen molar-refractivity contribution in [3.8, 4) is 28.8 Å². The first kappa shape index (κ1) is 23.2. The van der Waals surface area contributed by atoms with Gasteiger partial charge in [0.2, 0.25) is 0 Å². The van der Waals surface area contributed by atoms with Crippen LogP contribution < -0.4 is 10.5 Å². The lowest BCUT2D eigenvalue weighted by Gasteiger charge is -2.32. The number of rotatable bonds is 7. The van der Waals surface area contributed by atoms with Crippen molar-refractivity contribution in [1.82, 2.24) is 24.6 Å². The van der Waals surface area contributed by atoms with Gasteiger partial charge in [-0.2, -0.15) is 10.4 Å². The summed E-state index contributed by atoms with van der Waals surface area (Å²) in [6, 6.07) is 20.1. The second kappa shape index (κ2) is 10.0. The molecule has 0 spiro atoms. The van der Waals surface area contributed by atoms with Crippen molar-refractivity contribution in [2.75, 3.05) is 25.4 Å². The van der Waals surface area contributed by atoms with E-state index < -0.39 is 0 Å². The van der Waals surface area contributed by atoms with E-state index in [0.29, 0.717) is 18.3 Å². The van der Waals surface area contributed by atoms with E-state index in [9.17, 15) is 5.26 Å². The number of anilines is 1.